The highest BCUT2D eigenvalue weighted by Crippen LogP contribution is 2.27. The van der Waals surface area contributed by atoms with Crippen LogP contribution in [0.15, 0.2) is 0 Å². The van der Waals surface area contributed by atoms with Gasteiger partial charge in [-0.05, 0) is 54.4 Å². The van der Waals surface area contributed by atoms with Gasteiger partial charge in [0, 0.05) is 19.9 Å². The van der Waals surface area contributed by atoms with Crippen LogP contribution in [0, 0.1) is 0 Å². The minimum absolute atomic E-state index is 0.173. The largest absolute Gasteiger partial charge is 0.444 e. The second-order valence-corrected chi connectivity index (χ2v) is 13.2. The zero-order valence-corrected chi connectivity index (χ0v) is 25.6. The van der Waals surface area contributed by atoms with E-state index in [0.717, 1.165) is 51.4 Å². The highest BCUT2D eigenvalue weighted by molar-refractivity contribution is 6.38. The van der Waals surface area contributed by atoms with Crippen LogP contribution in [0.3, 0.4) is 0 Å². The van der Waals surface area contributed by atoms with Crippen molar-refractivity contribution < 1.29 is 33.4 Å². The fraction of sp³-hybridized carbons (Fsp3) is 0.833. The van der Waals surface area contributed by atoms with Crippen LogP contribution in [0.1, 0.15) is 119 Å². The molecule has 10 heteroatoms. The summed E-state index contributed by atoms with van der Waals surface area (Å²) in [7, 11) is 0. The van der Waals surface area contributed by atoms with E-state index in [1.54, 1.807) is 20.8 Å². The number of nitrogens with one attached hydrogen (secondary N) is 2. The Morgan fingerprint density at radius 3 is 1.93 bits per heavy atom. The standard InChI is InChI=1S/C30H51N3O7/c1-20(34)25(35)22-16-14-12-10-8-9-11-13-15-17-23(32-28(38)40-30(5,6)7)27(37)33-19-21(39-29(2,3)4)18-24(33)26(36)31-22/h21-24H,8-19H2,1-7H3,(H,31,36)(H,32,38)/t21-,22+,23+,24+/m1/s1. The summed E-state index contributed by atoms with van der Waals surface area (Å²) in [6, 6.07) is -2.71. The van der Waals surface area contributed by atoms with Crippen molar-refractivity contribution in [2.45, 2.75) is 155 Å². The molecular weight excluding hydrogens is 514 g/mol. The quantitative estimate of drug-likeness (QED) is 0.488. The van der Waals surface area contributed by atoms with Crippen LogP contribution >= 0.6 is 0 Å². The fourth-order valence-corrected chi connectivity index (χ4v) is 5.32. The molecule has 0 aromatic carbocycles. The number of alkyl carbamates (subject to hydrolysis) is 1. The van der Waals surface area contributed by atoms with Crippen molar-refractivity contribution in [3.8, 4) is 0 Å². The Morgan fingerprint density at radius 2 is 1.40 bits per heavy atom. The summed E-state index contributed by atoms with van der Waals surface area (Å²) in [6.07, 6.45) is 7.38. The maximum Gasteiger partial charge on any atom is 0.408 e. The summed E-state index contributed by atoms with van der Waals surface area (Å²) in [5.74, 6) is -2.11. The molecule has 0 spiro atoms. The maximum absolute atomic E-state index is 14.0. The second-order valence-electron chi connectivity index (χ2n) is 13.2. The first-order chi connectivity index (χ1) is 18.6. The number of carbonyl (C=O) groups excluding carboxylic acids is 5. The molecule has 2 heterocycles. The third kappa shape index (κ3) is 11.6. The molecule has 0 saturated carbocycles. The van der Waals surface area contributed by atoms with E-state index in [1.165, 1.54) is 11.8 Å². The van der Waals surface area contributed by atoms with Gasteiger partial charge in [0.05, 0.1) is 17.7 Å². The lowest BCUT2D eigenvalue weighted by molar-refractivity contribution is -0.142. The third-order valence-electron chi connectivity index (χ3n) is 7.07. The zero-order valence-electron chi connectivity index (χ0n) is 25.6. The van der Waals surface area contributed by atoms with Gasteiger partial charge < -0.3 is 25.0 Å². The van der Waals surface area contributed by atoms with E-state index in [9.17, 15) is 24.0 Å². The zero-order chi connectivity index (χ0) is 30.1. The lowest BCUT2D eigenvalue weighted by Gasteiger charge is -2.30. The van der Waals surface area contributed by atoms with Crippen LogP contribution in [0.2, 0.25) is 0 Å². The monoisotopic (exact) mass is 565 g/mol. The van der Waals surface area contributed by atoms with Crippen LogP contribution in [-0.4, -0.2) is 76.4 Å². The minimum Gasteiger partial charge on any atom is -0.444 e. The van der Waals surface area contributed by atoms with Gasteiger partial charge in [0.25, 0.3) is 0 Å². The van der Waals surface area contributed by atoms with Gasteiger partial charge in [-0.25, -0.2) is 4.79 Å². The van der Waals surface area contributed by atoms with Gasteiger partial charge in [-0.2, -0.15) is 0 Å². The van der Waals surface area contributed by atoms with Gasteiger partial charge in [0.2, 0.25) is 17.6 Å². The molecule has 0 aromatic heterocycles. The molecule has 40 heavy (non-hydrogen) atoms. The van der Waals surface area contributed by atoms with Crippen molar-refractivity contribution in [1.29, 1.82) is 0 Å². The van der Waals surface area contributed by atoms with Gasteiger partial charge in [0.1, 0.15) is 17.7 Å². The number of ketones is 2. The maximum atomic E-state index is 14.0. The molecule has 2 fully saturated rings. The van der Waals surface area contributed by atoms with Crippen LogP contribution in [0.5, 0.6) is 0 Å². The molecule has 0 aromatic rings. The smallest absolute Gasteiger partial charge is 0.408 e. The number of hydrogen-bond donors (Lipinski definition) is 2. The third-order valence-corrected chi connectivity index (χ3v) is 7.07. The van der Waals surface area contributed by atoms with Gasteiger partial charge in [-0.15, -0.1) is 0 Å². The number of nitrogens with zero attached hydrogens (tertiary/aromatic N) is 1. The topological polar surface area (TPSA) is 131 Å². The van der Waals surface area contributed by atoms with Crippen molar-refractivity contribution >= 4 is 29.5 Å². The predicted molar refractivity (Wildman–Crippen MR) is 152 cm³/mol. The summed E-state index contributed by atoms with van der Waals surface area (Å²) in [4.78, 5) is 66.4. The molecule has 0 radical (unpaired) electrons. The Bertz CT molecular complexity index is 906. The first-order valence-corrected chi connectivity index (χ1v) is 14.9. The normalized spacial score (nSPS) is 26.3. The molecule has 2 rings (SSSR count). The lowest BCUT2D eigenvalue weighted by atomic mass is 10.00. The summed E-state index contributed by atoms with van der Waals surface area (Å²) >= 11 is 0. The van der Waals surface area contributed by atoms with E-state index >= 15 is 0 Å². The highest BCUT2D eigenvalue weighted by atomic mass is 16.6. The van der Waals surface area contributed by atoms with Crippen molar-refractivity contribution in [2.24, 2.45) is 0 Å². The second kappa shape index (κ2) is 14.9. The molecular formula is C30H51N3O7. The van der Waals surface area contributed by atoms with Gasteiger partial charge in [0.15, 0.2) is 5.78 Å². The average Bonchev–Trinajstić information content (AvgIpc) is 3.23. The molecule has 3 amide bonds. The first-order valence-electron chi connectivity index (χ1n) is 14.9. The lowest BCUT2D eigenvalue weighted by Crippen LogP contribution is -2.56. The van der Waals surface area contributed by atoms with Crippen molar-refractivity contribution in [1.82, 2.24) is 15.5 Å². The average molecular weight is 566 g/mol. The Labute approximate surface area is 239 Å². The number of carbonyl (C=O) groups is 5. The summed E-state index contributed by atoms with van der Waals surface area (Å²) in [6.45, 7) is 12.4. The Hall–Kier alpha value is -2.49. The molecule has 10 nitrogen and oxygen atoms in total. The van der Waals surface area contributed by atoms with Gasteiger partial charge in [-0.1, -0.05) is 51.4 Å². The van der Waals surface area contributed by atoms with E-state index in [4.69, 9.17) is 9.47 Å². The van der Waals surface area contributed by atoms with Gasteiger partial charge >= 0.3 is 6.09 Å². The Kier molecular flexibility index (Phi) is 12.6. The van der Waals surface area contributed by atoms with E-state index in [1.807, 2.05) is 20.8 Å². The van der Waals surface area contributed by atoms with Crippen molar-refractivity contribution in [3.63, 3.8) is 0 Å². The van der Waals surface area contributed by atoms with E-state index in [2.05, 4.69) is 10.6 Å². The predicted octanol–water partition coefficient (Wildman–Crippen LogP) is 4.22. The Morgan fingerprint density at radius 1 is 0.850 bits per heavy atom. The van der Waals surface area contributed by atoms with Crippen molar-refractivity contribution in [2.75, 3.05) is 6.54 Å². The van der Waals surface area contributed by atoms with E-state index in [0.29, 0.717) is 12.8 Å². The highest BCUT2D eigenvalue weighted by Gasteiger charge is 2.44. The number of amides is 3. The Balaban J connectivity index is 2.37. The molecule has 0 unspecified atom stereocenters. The first kappa shape index (κ1) is 33.7. The molecule has 228 valence electrons. The number of rotatable bonds is 4. The van der Waals surface area contributed by atoms with Crippen LogP contribution in [0.4, 0.5) is 4.79 Å². The number of Topliss-reactive ketones (excluding diaryl/α,β-unsaturated/α-hetero) is 2. The number of hydrogen-bond acceptors (Lipinski definition) is 7. The minimum atomic E-state index is -0.934. The molecule has 2 N–H and O–H groups in total. The summed E-state index contributed by atoms with van der Waals surface area (Å²) < 4.78 is 11.6. The molecule has 0 bridgehead atoms. The number of fused-ring (bicyclic) bond motifs is 1. The molecule has 2 aliphatic rings. The summed E-state index contributed by atoms with van der Waals surface area (Å²) in [5, 5.41) is 5.53. The van der Waals surface area contributed by atoms with E-state index in [-0.39, 0.29) is 18.9 Å². The summed E-state index contributed by atoms with van der Waals surface area (Å²) in [5.41, 5.74) is -1.23. The van der Waals surface area contributed by atoms with Gasteiger partial charge in [-0.3, -0.25) is 19.2 Å². The SMILES string of the molecule is CC(=O)C(=O)[C@@H]1CCCCCCCCCC[C@H](NC(=O)OC(C)(C)C)C(=O)N2C[C@H](OC(C)(C)C)C[C@H]2C(=O)N1. The van der Waals surface area contributed by atoms with Crippen molar-refractivity contribution in [3.05, 3.63) is 0 Å². The van der Waals surface area contributed by atoms with Crippen LogP contribution in [-0.2, 0) is 28.7 Å². The molecule has 0 aliphatic carbocycles. The fourth-order valence-electron chi connectivity index (χ4n) is 5.32. The van der Waals surface area contributed by atoms with Crippen LogP contribution in [0.25, 0.3) is 0 Å². The molecule has 4 atom stereocenters. The molecule has 2 aliphatic heterocycles. The number of ether oxygens (including phenoxy) is 2. The van der Waals surface area contributed by atoms with Crippen LogP contribution < -0.4 is 10.6 Å². The molecule has 2 saturated heterocycles. The van der Waals surface area contributed by atoms with E-state index < -0.39 is 59.0 Å².